The molecule has 0 radical (unpaired) electrons. The van der Waals surface area contributed by atoms with Crippen LogP contribution in [0.15, 0.2) is 0 Å². The SMILES string of the molecule is NCCN.O=C(O)[C@@H](O)[C@H](O)C(=O)O.O=C(O)[C@@H](O)[C@H](O)C(=O)O. The highest BCUT2D eigenvalue weighted by Gasteiger charge is 2.30. The van der Waals surface area contributed by atoms with Gasteiger partial charge >= 0.3 is 23.9 Å². The topological polar surface area (TPSA) is 282 Å². The number of rotatable bonds is 7. The summed E-state index contributed by atoms with van der Waals surface area (Å²) in [6.45, 7) is 1.19. The van der Waals surface area contributed by atoms with E-state index in [9.17, 15) is 19.2 Å². The molecule has 0 unspecified atom stereocenters. The van der Waals surface area contributed by atoms with E-state index in [2.05, 4.69) is 0 Å². The van der Waals surface area contributed by atoms with E-state index in [1.165, 1.54) is 0 Å². The lowest BCUT2D eigenvalue weighted by atomic mass is 10.2. The molecule has 0 aliphatic rings. The molecule has 0 aliphatic heterocycles. The lowest BCUT2D eigenvalue weighted by Gasteiger charge is -2.07. The highest BCUT2D eigenvalue weighted by atomic mass is 16.4. The third kappa shape index (κ3) is 13.3. The zero-order valence-electron chi connectivity index (χ0n) is 12.1. The van der Waals surface area contributed by atoms with E-state index in [1.54, 1.807) is 0 Å². The van der Waals surface area contributed by atoms with Crippen LogP contribution in [0.1, 0.15) is 0 Å². The normalized spacial score (nSPS) is 14.4. The number of carboxylic acid groups (broad SMARTS) is 4. The van der Waals surface area contributed by atoms with Gasteiger partial charge in [0, 0.05) is 13.1 Å². The monoisotopic (exact) mass is 360 g/mol. The molecule has 0 amide bonds. The van der Waals surface area contributed by atoms with Crippen LogP contribution < -0.4 is 11.5 Å². The van der Waals surface area contributed by atoms with Crippen molar-refractivity contribution in [3.8, 4) is 0 Å². The van der Waals surface area contributed by atoms with Crippen LogP contribution in [0.2, 0.25) is 0 Å². The van der Waals surface area contributed by atoms with E-state index in [0.717, 1.165) is 0 Å². The first-order valence-corrected chi connectivity index (χ1v) is 5.88. The minimum atomic E-state index is -2.27. The summed E-state index contributed by atoms with van der Waals surface area (Å²) in [4.78, 5) is 39.1. The molecule has 14 nitrogen and oxygen atoms in total. The number of aliphatic carboxylic acids is 4. The van der Waals surface area contributed by atoms with Crippen LogP contribution >= 0.6 is 0 Å². The van der Waals surface area contributed by atoms with Crippen LogP contribution in [0, 0.1) is 0 Å². The maximum Gasteiger partial charge on any atom is 0.335 e. The summed E-state index contributed by atoms with van der Waals surface area (Å²) >= 11 is 0. The van der Waals surface area contributed by atoms with Crippen molar-refractivity contribution < 1.29 is 60.0 Å². The number of aliphatic hydroxyl groups excluding tert-OH is 4. The third-order valence-electron chi connectivity index (χ3n) is 1.78. The molecule has 4 atom stereocenters. The molecule has 12 N–H and O–H groups in total. The average molecular weight is 360 g/mol. The summed E-state index contributed by atoms with van der Waals surface area (Å²) in [6.07, 6.45) is -9.06. The fourth-order valence-electron chi connectivity index (χ4n) is 0.540. The van der Waals surface area contributed by atoms with E-state index >= 15 is 0 Å². The maximum absolute atomic E-state index is 9.77. The summed E-state index contributed by atoms with van der Waals surface area (Å²) in [6, 6.07) is 0. The predicted octanol–water partition coefficient (Wildman–Crippen LogP) is -5.34. The molecule has 0 saturated carbocycles. The van der Waals surface area contributed by atoms with Crippen molar-refractivity contribution in [1.82, 2.24) is 0 Å². The summed E-state index contributed by atoms with van der Waals surface area (Å²) < 4.78 is 0. The molecule has 0 aromatic heterocycles. The Kier molecular flexibility index (Phi) is 15.7. The number of nitrogens with two attached hydrogens (primary N) is 2. The first-order valence-electron chi connectivity index (χ1n) is 5.88. The van der Waals surface area contributed by atoms with Gasteiger partial charge in [-0.3, -0.25) is 0 Å². The van der Waals surface area contributed by atoms with Crippen LogP contribution in [0.4, 0.5) is 0 Å². The second kappa shape index (κ2) is 14.2. The molecule has 24 heavy (non-hydrogen) atoms. The lowest BCUT2D eigenvalue weighted by Crippen LogP contribution is -2.39. The van der Waals surface area contributed by atoms with Gasteiger partial charge in [0.05, 0.1) is 0 Å². The molecule has 0 saturated heterocycles. The molecule has 0 spiro atoms. The van der Waals surface area contributed by atoms with Crippen LogP contribution in [0.25, 0.3) is 0 Å². The highest BCUT2D eigenvalue weighted by molar-refractivity contribution is 5.83. The number of carboxylic acids is 4. The number of aliphatic hydroxyl groups is 4. The van der Waals surface area contributed by atoms with Crippen molar-refractivity contribution in [3.05, 3.63) is 0 Å². The summed E-state index contributed by atoms with van der Waals surface area (Å²) in [5, 5.41) is 65.1. The number of carbonyl (C=O) groups is 4. The Morgan fingerprint density at radius 2 is 0.667 bits per heavy atom. The largest absolute Gasteiger partial charge is 0.479 e. The molecule has 0 rings (SSSR count). The molecule has 142 valence electrons. The molecule has 14 heteroatoms. The van der Waals surface area contributed by atoms with Gasteiger partial charge in [0.1, 0.15) is 0 Å². The first-order chi connectivity index (χ1) is 10.8. The molecule has 0 aromatic rings. The fraction of sp³-hybridized carbons (Fsp3) is 0.600. The Morgan fingerprint density at radius 3 is 0.708 bits per heavy atom. The van der Waals surface area contributed by atoms with Crippen LogP contribution in [0.3, 0.4) is 0 Å². The van der Waals surface area contributed by atoms with Gasteiger partial charge in [-0.1, -0.05) is 0 Å². The Bertz CT molecular complexity index is 341. The van der Waals surface area contributed by atoms with E-state index in [-0.39, 0.29) is 0 Å². The van der Waals surface area contributed by atoms with Gasteiger partial charge in [0.25, 0.3) is 0 Å². The van der Waals surface area contributed by atoms with Gasteiger partial charge in [-0.2, -0.15) is 0 Å². The standard InChI is InChI=1S/2C4H6O6.C2H8N2/c2*5-1(3(7)8)2(6)4(9)10;3-1-2-4/h2*1-2,5-6H,(H,7,8)(H,9,10);1-4H2/t2*1-,2-;/m00./s1. The van der Waals surface area contributed by atoms with E-state index in [0.29, 0.717) is 13.1 Å². The quantitative estimate of drug-likeness (QED) is 0.203. The molecule has 0 heterocycles. The molecular weight excluding hydrogens is 340 g/mol. The van der Waals surface area contributed by atoms with Gasteiger partial charge in [-0.05, 0) is 0 Å². The maximum atomic E-state index is 9.77. The molecule has 0 aromatic carbocycles. The van der Waals surface area contributed by atoms with Gasteiger partial charge in [0.15, 0.2) is 24.4 Å². The Morgan fingerprint density at radius 1 is 0.542 bits per heavy atom. The van der Waals surface area contributed by atoms with Crippen molar-refractivity contribution in [3.63, 3.8) is 0 Å². The Balaban J connectivity index is -0.000000301. The Hall–Kier alpha value is -2.36. The summed E-state index contributed by atoms with van der Waals surface area (Å²) in [5.74, 6) is -7.07. The lowest BCUT2D eigenvalue weighted by molar-refractivity contribution is -0.165. The average Bonchev–Trinajstić information content (AvgIpc) is 2.52. The summed E-state index contributed by atoms with van der Waals surface area (Å²) in [7, 11) is 0. The molecule has 0 bridgehead atoms. The Labute approximate surface area is 134 Å². The molecular formula is C10H20N2O12. The van der Waals surface area contributed by atoms with Crippen molar-refractivity contribution in [1.29, 1.82) is 0 Å². The van der Waals surface area contributed by atoms with Crippen molar-refractivity contribution in [2.45, 2.75) is 24.4 Å². The first kappa shape index (κ1) is 26.5. The van der Waals surface area contributed by atoms with Gasteiger partial charge in [0.2, 0.25) is 0 Å². The second-order valence-corrected chi connectivity index (χ2v) is 3.71. The number of hydrogen-bond donors (Lipinski definition) is 10. The summed E-state index contributed by atoms with van der Waals surface area (Å²) in [5.41, 5.74) is 9.81. The zero-order chi connectivity index (χ0) is 20.0. The second-order valence-electron chi connectivity index (χ2n) is 3.71. The smallest absolute Gasteiger partial charge is 0.335 e. The van der Waals surface area contributed by atoms with Gasteiger partial charge < -0.3 is 52.3 Å². The van der Waals surface area contributed by atoms with E-state index in [4.69, 9.17) is 52.3 Å². The third-order valence-corrected chi connectivity index (χ3v) is 1.78. The van der Waals surface area contributed by atoms with Gasteiger partial charge in [-0.25, -0.2) is 19.2 Å². The van der Waals surface area contributed by atoms with E-state index < -0.39 is 48.3 Å². The fourth-order valence-corrected chi connectivity index (χ4v) is 0.540. The van der Waals surface area contributed by atoms with Crippen molar-refractivity contribution >= 4 is 23.9 Å². The predicted molar refractivity (Wildman–Crippen MR) is 72.7 cm³/mol. The highest BCUT2D eigenvalue weighted by Crippen LogP contribution is 1.93. The number of hydrogen-bond acceptors (Lipinski definition) is 10. The van der Waals surface area contributed by atoms with E-state index in [1.807, 2.05) is 0 Å². The minimum absolute atomic E-state index is 0.597. The van der Waals surface area contributed by atoms with Crippen molar-refractivity contribution in [2.24, 2.45) is 11.5 Å². The molecule has 0 aliphatic carbocycles. The van der Waals surface area contributed by atoms with Crippen LogP contribution in [-0.4, -0.2) is 102 Å². The minimum Gasteiger partial charge on any atom is -0.479 e. The van der Waals surface area contributed by atoms with Crippen LogP contribution in [0.5, 0.6) is 0 Å². The van der Waals surface area contributed by atoms with Crippen LogP contribution in [-0.2, 0) is 19.2 Å². The zero-order valence-corrected chi connectivity index (χ0v) is 12.1. The molecule has 0 fully saturated rings. The van der Waals surface area contributed by atoms with Crippen molar-refractivity contribution in [2.75, 3.05) is 13.1 Å². The van der Waals surface area contributed by atoms with Gasteiger partial charge in [-0.15, -0.1) is 0 Å².